The van der Waals surface area contributed by atoms with Crippen LogP contribution in [0.25, 0.3) is 11.3 Å². The Labute approximate surface area is 190 Å². The number of ether oxygens (including phenoxy) is 1. The van der Waals surface area contributed by atoms with Gasteiger partial charge in [0.25, 0.3) is 5.69 Å². The number of anilines is 2. The van der Waals surface area contributed by atoms with Crippen molar-refractivity contribution in [2.45, 2.75) is 25.4 Å². The van der Waals surface area contributed by atoms with Gasteiger partial charge in [0.05, 0.1) is 17.7 Å². The average Bonchev–Trinajstić information content (AvgIpc) is 2.79. The molecule has 0 saturated heterocycles. The zero-order valence-electron chi connectivity index (χ0n) is 18.0. The molecule has 1 aromatic heterocycles. The van der Waals surface area contributed by atoms with Crippen LogP contribution in [0.2, 0.25) is 0 Å². The van der Waals surface area contributed by atoms with E-state index in [0.29, 0.717) is 39.6 Å². The van der Waals surface area contributed by atoms with E-state index in [1.165, 1.54) is 23.9 Å². The first kappa shape index (κ1) is 23.0. The molecule has 1 heterocycles. The number of nitro groups is 1. The molecule has 0 aliphatic carbocycles. The maximum atomic E-state index is 10.9. The number of methoxy groups -OCH3 is 1. The van der Waals surface area contributed by atoms with Gasteiger partial charge in [0.2, 0.25) is 0 Å². The second-order valence-corrected chi connectivity index (χ2v) is 8.44. The molecule has 0 aliphatic heterocycles. The molecule has 0 bridgehead atoms. The molecule has 0 atom stereocenters. The van der Waals surface area contributed by atoms with E-state index >= 15 is 0 Å². The highest BCUT2D eigenvalue weighted by Gasteiger charge is 2.17. The van der Waals surface area contributed by atoms with Crippen molar-refractivity contribution in [2.24, 2.45) is 5.92 Å². The number of nitrogens with zero attached hydrogens (tertiary/aromatic N) is 4. The van der Waals surface area contributed by atoms with Crippen LogP contribution in [0.3, 0.4) is 0 Å². The van der Waals surface area contributed by atoms with Crippen molar-refractivity contribution < 1.29 is 9.66 Å². The summed E-state index contributed by atoms with van der Waals surface area (Å²) in [6.45, 7) is 4.31. The monoisotopic (exact) mass is 449 g/mol. The Bertz CT molecular complexity index is 1130. The van der Waals surface area contributed by atoms with Crippen molar-refractivity contribution in [1.82, 2.24) is 9.97 Å². The summed E-state index contributed by atoms with van der Waals surface area (Å²) in [6.07, 6.45) is 1.01. The van der Waals surface area contributed by atoms with Crippen LogP contribution in [0.4, 0.5) is 17.2 Å². The molecule has 0 spiro atoms. The van der Waals surface area contributed by atoms with Gasteiger partial charge in [-0.15, -0.1) is 0 Å². The van der Waals surface area contributed by atoms with Crippen LogP contribution in [-0.4, -0.2) is 27.8 Å². The van der Waals surface area contributed by atoms with Gasteiger partial charge in [-0.1, -0.05) is 25.6 Å². The van der Waals surface area contributed by atoms with E-state index in [9.17, 15) is 15.4 Å². The van der Waals surface area contributed by atoms with E-state index in [2.05, 4.69) is 35.2 Å². The topological polar surface area (TPSA) is 114 Å². The first-order chi connectivity index (χ1) is 15.4. The van der Waals surface area contributed by atoms with E-state index in [0.717, 1.165) is 17.7 Å². The number of thioether (sulfide) groups is 1. The van der Waals surface area contributed by atoms with Crippen LogP contribution in [0.5, 0.6) is 5.75 Å². The van der Waals surface area contributed by atoms with Gasteiger partial charge in [-0.05, 0) is 48.7 Å². The zero-order valence-corrected chi connectivity index (χ0v) is 18.8. The molecule has 0 saturated carbocycles. The smallest absolute Gasteiger partial charge is 0.269 e. The minimum absolute atomic E-state index is 0.0115. The number of hydrogen-bond donors (Lipinski definition) is 1. The van der Waals surface area contributed by atoms with Crippen molar-refractivity contribution >= 4 is 29.0 Å². The molecule has 3 rings (SSSR count). The van der Waals surface area contributed by atoms with E-state index in [1.54, 1.807) is 19.2 Å². The Hall–Kier alpha value is -3.64. The van der Waals surface area contributed by atoms with Crippen LogP contribution < -0.4 is 10.1 Å². The number of rotatable bonds is 9. The fourth-order valence-corrected chi connectivity index (χ4v) is 3.93. The van der Waals surface area contributed by atoms with Gasteiger partial charge in [0, 0.05) is 29.1 Å². The van der Waals surface area contributed by atoms with Crippen LogP contribution in [0.1, 0.15) is 25.8 Å². The van der Waals surface area contributed by atoms with Gasteiger partial charge in [0.1, 0.15) is 17.4 Å². The third-order valence-electron chi connectivity index (χ3n) is 4.63. The summed E-state index contributed by atoms with van der Waals surface area (Å²) in [7, 11) is 1.59. The third kappa shape index (κ3) is 5.74. The molecular formula is C23H23N5O3S. The predicted octanol–water partition coefficient (Wildman–Crippen LogP) is 5.81. The molecule has 8 nitrogen and oxygen atoms in total. The second-order valence-electron chi connectivity index (χ2n) is 7.38. The van der Waals surface area contributed by atoms with Gasteiger partial charge in [-0.3, -0.25) is 10.1 Å². The fraction of sp³-hybridized carbons (Fsp3) is 0.261. The van der Waals surface area contributed by atoms with Crippen LogP contribution >= 0.6 is 11.8 Å². The summed E-state index contributed by atoms with van der Waals surface area (Å²) < 4.78 is 5.23. The molecule has 32 heavy (non-hydrogen) atoms. The number of non-ortho nitro benzene ring substituents is 1. The van der Waals surface area contributed by atoms with Gasteiger partial charge in [0.15, 0.2) is 11.0 Å². The first-order valence-electron chi connectivity index (χ1n) is 10.0. The van der Waals surface area contributed by atoms with Gasteiger partial charge < -0.3 is 10.1 Å². The number of nitro benzene ring substituents is 1. The van der Waals surface area contributed by atoms with E-state index in [-0.39, 0.29) is 5.69 Å². The summed E-state index contributed by atoms with van der Waals surface area (Å²) in [5, 5.41) is 24.5. The average molecular weight is 450 g/mol. The van der Waals surface area contributed by atoms with Gasteiger partial charge >= 0.3 is 0 Å². The largest absolute Gasteiger partial charge is 0.497 e. The predicted molar refractivity (Wildman–Crippen MR) is 125 cm³/mol. The van der Waals surface area contributed by atoms with E-state index < -0.39 is 4.92 Å². The minimum atomic E-state index is -0.458. The van der Waals surface area contributed by atoms with Crippen molar-refractivity contribution in [1.29, 1.82) is 5.26 Å². The lowest BCUT2D eigenvalue weighted by Crippen LogP contribution is -2.04. The molecular weight excluding hydrogens is 426 g/mol. The van der Waals surface area contributed by atoms with Crippen LogP contribution in [0, 0.1) is 27.4 Å². The summed E-state index contributed by atoms with van der Waals surface area (Å²) in [6, 6.07) is 15.5. The third-order valence-corrected chi connectivity index (χ3v) is 5.51. The quantitative estimate of drug-likeness (QED) is 0.188. The lowest BCUT2D eigenvalue weighted by molar-refractivity contribution is -0.384. The zero-order chi connectivity index (χ0) is 23.1. The number of aromatic nitrogens is 2. The van der Waals surface area contributed by atoms with E-state index in [1.807, 2.05) is 24.3 Å². The van der Waals surface area contributed by atoms with Crippen molar-refractivity contribution in [3.05, 3.63) is 64.2 Å². The van der Waals surface area contributed by atoms with Crippen molar-refractivity contribution in [2.75, 3.05) is 18.2 Å². The molecule has 9 heteroatoms. The number of benzene rings is 2. The highest BCUT2D eigenvalue weighted by atomic mass is 32.2. The standard InChI is InChI=1S/C23H23N5O3S/c1-15(2)12-13-32-23-26-21(16-4-10-19(31-3)11-5-16)20(14-24)22(27-23)25-17-6-8-18(9-7-17)28(29)30/h4-11,15H,12-13H2,1-3H3,(H,25,26,27). The molecule has 164 valence electrons. The summed E-state index contributed by atoms with van der Waals surface area (Å²) in [5.41, 5.74) is 2.15. The van der Waals surface area contributed by atoms with Gasteiger partial charge in [-0.2, -0.15) is 5.26 Å². The number of nitrogens with one attached hydrogen (secondary N) is 1. The molecule has 1 N–H and O–H groups in total. The molecule has 0 fully saturated rings. The normalized spacial score (nSPS) is 10.6. The Kier molecular flexibility index (Phi) is 7.63. The van der Waals surface area contributed by atoms with Crippen molar-refractivity contribution in [3.63, 3.8) is 0 Å². The molecule has 3 aromatic rings. The molecule has 2 aromatic carbocycles. The lowest BCUT2D eigenvalue weighted by Gasteiger charge is -2.13. The molecule has 0 aliphatic rings. The highest BCUT2D eigenvalue weighted by Crippen LogP contribution is 2.32. The Morgan fingerprint density at radius 1 is 1.16 bits per heavy atom. The number of nitriles is 1. The summed E-state index contributed by atoms with van der Waals surface area (Å²) >= 11 is 1.53. The SMILES string of the molecule is COc1ccc(-c2nc(SCCC(C)C)nc(Nc3ccc([N+](=O)[O-])cc3)c2C#N)cc1. The van der Waals surface area contributed by atoms with Crippen LogP contribution in [0.15, 0.2) is 53.7 Å². The lowest BCUT2D eigenvalue weighted by atomic mass is 10.1. The first-order valence-corrected chi connectivity index (χ1v) is 11.0. The maximum Gasteiger partial charge on any atom is 0.269 e. The Balaban J connectivity index is 2.02. The van der Waals surface area contributed by atoms with Crippen LogP contribution in [-0.2, 0) is 0 Å². The highest BCUT2D eigenvalue weighted by molar-refractivity contribution is 7.99. The number of hydrogen-bond acceptors (Lipinski definition) is 8. The summed E-state index contributed by atoms with van der Waals surface area (Å²) in [4.78, 5) is 19.7. The summed E-state index contributed by atoms with van der Waals surface area (Å²) in [5.74, 6) is 2.47. The fourth-order valence-electron chi connectivity index (χ4n) is 2.85. The Morgan fingerprint density at radius 3 is 2.41 bits per heavy atom. The van der Waals surface area contributed by atoms with Gasteiger partial charge in [-0.25, -0.2) is 9.97 Å². The Morgan fingerprint density at radius 2 is 1.84 bits per heavy atom. The molecule has 0 radical (unpaired) electrons. The van der Waals surface area contributed by atoms with Crippen molar-refractivity contribution in [3.8, 4) is 23.1 Å². The van der Waals surface area contributed by atoms with E-state index in [4.69, 9.17) is 4.74 Å². The molecule has 0 unspecified atom stereocenters. The maximum absolute atomic E-state index is 10.9. The molecule has 0 amide bonds. The second kappa shape index (κ2) is 10.6. The minimum Gasteiger partial charge on any atom is -0.497 e.